The van der Waals surface area contributed by atoms with Crippen LogP contribution in [0, 0.1) is 5.92 Å². The van der Waals surface area contributed by atoms with Crippen LogP contribution in [0.2, 0.25) is 5.02 Å². The van der Waals surface area contributed by atoms with Gasteiger partial charge in [0.15, 0.2) is 0 Å². The summed E-state index contributed by atoms with van der Waals surface area (Å²) in [4.78, 5) is 0. The summed E-state index contributed by atoms with van der Waals surface area (Å²) < 4.78 is 0. The van der Waals surface area contributed by atoms with Crippen LogP contribution in [0.25, 0.3) is 0 Å². The molecule has 0 unspecified atom stereocenters. The molecule has 1 saturated carbocycles. The fourth-order valence-electron chi connectivity index (χ4n) is 1.81. The van der Waals surface area contributed by atoms with Gasteiger partial charge in [0.1, 0.15) is 0 Å². The highest BCUT2D eigenvalue weighted by Gasteiger charge is 2.25. The molecule has 0 atom stereocenters. The van der Waals surface area contributed by atoms with Crippen molar-refractivity contribution in [3.05, 3.63) is 29.3 Å². The maximum Gasteiger partial charge on any atom is 0.0637 e. The first-order valence-corrected chi connectivity index (χ1v) is 5.37. The molecule has 1 aromatic carbocycles. The Morgan fingerprint density at radius 2 is 2.07 bits per heavy atom. The number of rotatable bonds is 3. The molecule has 76 valence electrons. The zero-order valence-electron chi connectivity index (χ0n) is 8.04. The van der Waals surface area contributed by atoms with Crippen molar-refractivity contribution in [1.29, 1.82) is 0 Å². The average molecular weight is 211 g/mol. The van der Waals surface area contributed by atoms with Gasteiger partial charge in [0.05, 0.1) is 10.7 Å². The molecule has 0 spiro atoms. The van der Waals surface area contributed by atoms with Gasteiger partial charge >= 0.3 is 0 Å². The number of benzene rings is 1. The van der Waals surface area contributed by atoms with Gasteiger partial charge in [0.25, 0.3) is 0 Å². The van der Waals surface area contributed by atoms with Crippen molar-refractivity contribution in [2.75, 3.05) is 11.9 Å². The average Bonchev–Trinajstić information content (AvgIpc) is 2.13. The molecule has 14 heavy (non-hydrogen) atoms. The fourth-order valence-corrected chi connectivity index (χ4v) is 2.02. The third-order valence-corrected chi connectivity index (χ3v) is 3.06. The first kappa shape index (κ1) is 9.81. The lowest BCUT2D eigenvalue weighted by Gasteiger charge is -2.32. The van der Waals surface area contributed by atoms with Crippen molar-refractivity contribution in [3.63, 3.8) is 0 Å². The van der Waals surface area contributed by atoms with Crippen molar-refractivity contribution >= 4 is 17.3 Å². The fraction of sp³-hybridized carbons (Fsp3) is 0.455. The Balaban J connectivity index is 1.83. The standard InChI is InChI=1S/C11H15ClN2/c12-10-3-1-2-4-11(10)14-7-8-5-9(13)6-8/h1-4,8-9,14H,5-7,13H2. The highest BCUT2D eigenvalue weighted by molar-refractivity contribution is 6.33. The zero-order chi connectivity index (χ0) is 9.97. The molecular formula is C11H15ClN2. The summed E-state index contributed by atoms with van der Waals surface area (Å²) in [5.74, 6) is 0.723. The van der Waals surface area contributed by atoms with Crippen LogP contribution in [0.4, 0.5) is 5.69 Å². The molecule has 1 fully saturated rings. The third kappa shape index (κ3) is 2.20. The van der Waals surface area contributed by atoms with E-state index in [-0.39, 0.29) is 0 Å². The number of halogens is 1. The lowest BCUT2D eigenvalue weighted by Crippen LogP contribution is -2.39. The summed E-state index contributed by atoms with van der Waals surface area (Å²) in [6, 6.07) is 8.25. The van der Waals surface area contributed by atoms with Gasteiger partial charge < -0.3 is 11.1 Å². The molecule has 1 aliphatic carbocycles. The summed E-state index contributed by atoms with van der Waals surface area (Å²) >= 11 is 6.01. The second kappa shape index (κ2) is 4.20. The van der Waals surface area contributed by atoms with E-state index in [9.17, 15) is 0 Å². The number of nitrogens with one attached hydrogen (secondary N) is 1. The van der Waals surface area contributed by atoms with Crippen LogP contribution < -0.4 is 11.1 Å². The molecule has 1 aromatic rings. The largest absolute Gasteiger partial charge is 0.384 e. The van der Waals surface area contributed by atoms with Crippen molar-refractivity contribution in [3.8, 4) is 0 Å². The molecule has 1 aliphatic rings. The molecule has 0 amide bonds. The van der Waals surface area contributed by atoms with Gasteiger partial charge in [-0.3, -0.25) is 0 Å². The summed E-state index contributed by atoms with van der Waals surface area (Å²) in [5.41, 5.74) is 6.74. The Bertz CT molecular complexity index is 308. The summed E-state index contributed by atoms with van der Waals surface area (Å²) in [6.07, 6.45) is 2.27. The van der Waals surface area contributed by atoms with Crippen molar-refractivity contribution in [2.45, 2.75) is 18.9 Å². The number of anilines is 1. The normalized spacial score (nSPS) is 25.6. The Hall–Kier alpha value is -0.730. The van der Waals surface area contributed by atoms with Gasteiger partial charge in [-0.1, -0.05) is 23.7 Å². The minimum Gasteiger partial charge on any atom is -0.384 e. The van der Waals surface area contributed by atoms with Crippen LogP contribution in [0.15, 0.2) is 24.3 Å². The SMILES string of the molecule is NC1CC(CNc2ccccc2Cl)C1. The highest BCUT2D eigenvalue weighted by Crippen LogP contribution is 2.27. The van der Waals surface area contributed by atoms with Gasteiger partial charge in [-0.2, -0.15) is 0 Å². The monoisotopic (exact) mass is 210 g/mol. The topological polar surface area (TPSA) is 38.0 Å². The van der Waals surface area contributed by atoms with Gasteiger partial charge in [-0.05, 0) is 30.9 Å². The van der Waals surface area contributed by atoms with E-state index in [4.69, 9.17) is 17.3 Å². The van der Waals surface area contributed by atoms with Gasteiger partial charge in [0.2, 0.25) is 0 Å². The van der Waals surface area contributed by atoms with Crippen LogP contribution in [0.3, 0.4) is 0 Å². The second-order valence-electron chi connectivity index (χ2n) is 3.96. The number of nitrogens with two attached hydrogens (primary N) is 1. The van der Waals surface area contributed by atoms with E-state index in [2.05, 4.69) is 5.32 Å². The van der Waals surface area contributed by atoms with E-state index < -0.39 is 0 Å². The van der Waals surface area contributed by atoms with E-state index >= 15 is 0 Å². The van der Waals surface area contributed by atoms with Crippen LogP contribution in [-0.2, 0) is 0 Å². The van der Waals surface area contributed by atoms with E-state index in [0.29, 0.717) is 6.04 Å². The van der Waals surface area contributed by atoms with Crippen molar-refractivity contribution < 1.29 is 0 Å². The van der Waals surface area contributed by atoms with Crippen LogP contribution in [0.5, 0.6) is 0 Å². The van der Waals surface area contributed by atoms with Gasteiger partial charge in [-0.15, -0.1) is 0 Å². The van der Waals surface area contributed by atoms with Crippen molar-refractivity contribution in [2.24, 2.45) is 11.7 Å². The minimum absolute atomic E-state index is 0.424. The summed E-state index contributed by atoms with van der Waals surface area (Å²) in [6.45, 7) is 0.984. The lowest BCUT2D eigenvalue weighted by atomic mass is 9.81. The van der Waals surface area contributed by atoms with Crippen LogP contribution in [-0.4, -0.2) is 12.6 Å². The molecule has 0 saturated heterocycles. The van der Waals surface area contributed by atoms with E-state index in [1.807, 2.05) is 24.3 Å². The quantitative estimate of drug-likeness (QED) is 0.805. The number of hydrogen-bond donors (Lipinski definition) is 2. The molecule has 0 radical (unpaired) electrons. The molecule has 3 N–H and O–H groups in total. The Kier molecular flexibility index (Phi) is 2.94. The highest BCUT2D eigenvalue weighted by atomic mass is 35.5. The third-order valence-electron chi connectivity index (χ3n) is 2.73. The summed E-state index contributed by atoms with van der Waals surface area (Å²) in [5, 5.41) is 4.14. The molecule has 2 nitrogen and oxygen atoms in total. The van der Waals surface area contributed by atoms with Crippen molar-refractivity contribution in [1.82, 2.24) is 0 Å². The Labute approximate surface area is 89.4 Å². The minimum atomic E-state index is 0.424. The molecule has 0 heterocycles. The first-order valence-electron chi connectivity index (χ1n) is 4.99. The molecule has 0 aliphatic heterocycles. The molecule has 3 heteroatoms. The zero-order valence-corrected chi connectivity index (χ0v) is 8.80. The maximum atomic E-state index is 6.01. The van der Waals surface area contributed by atoms with Crippen LogP contribution in [0.1, 0.15) is 12.8 Å². The van der Waals surface area contributed by atoms with E-state index in [1.165, 1.54) is 0 Å². The molecule has 2 rings (SSSR count). The van der Waals surface area contributed by atoms with Gasteiger partial charge in [-0.25, -0.2) is 0 Å². The van der Waals surface area contributed by atoms with E-state index in [0.717, 1.165) is 36.0 Å². The predicted octanol–water partition coefficient (Wildman–Crippen LogP) is 2.49. The molecule has 0 aromatic heterocycles. The number of para-hydroxylation sites is 1. The predicted molar refractivity (Wildman–Crippen MR) is 60.6 cm³/mol. The first-order chi connectivity index (χ1) is 6.75. The van der Waals surface area contributed by atoms with Gasteiger partial charge in [0, 0.05) is 12.6 Å². The Morgan fingerprint density at radius 1 is 1.36 bits per heavy atom. The Morgan fingerprint density at radius 3 is 2.71 bits per heavy atom. The molecule has 0 bridgehead atoms. The van der Waals surface area contributed by atoms with Crippen LogP contribution >= 0.6 is 11.6 Å². The second-order valence-corrected chi connectivity index (χ2v) is 4.37. The van der Waals surface area contributed by atoms with E-state index in [1.54, 1.807) is 0 Å². The molecular weight excluding hydrogens is 196 g/mol. The summed E-state index contributed by atoms with van der Waals surface area (Å²) in [7, 11) is 0. The lowest BCUT2D eigenvalue weighted by molar-refractivity contribution is 0.280. The smallest absolute Gasteiger partial charge is 0.0637 e. The number of hydrogen-bond acceptors (Lipinski definition) is 2. The maximum absolute atomic E-state index is 6.01.